The number of methoxy groups -OCH3 is 2. The second kappa shape index (κ2) is 7.65. The van der Waals surface area contributed by atoms with Gasteiger partial charge in [0.25, 0.3) is 10.0 Å². The number of hydrogen-bond donors (Lipinski definition) is 1. The molecule has 0 aliphatic heterocycles. The van der Waals surface area contributed by atoms with Crippen molar-refractivity contribution in [2.45, 2.75) is 11.1 Å². The Morgan fingerprint density at radius 2 is 1.81 bits per heavy atom. The molecule has 10 heteroatoms. The first-order valence-electron chi connectivity index (χ1n) is 7.11. The fraction of sp³-hybridized carbons (Fsp3) is 0.188. The van der Waals surface area contributed by atoms with Crippen LogP contribution in [0.4, 0.5) is 13.2 Å². The van der Waals surface area contributed by atoms with Gasteiger partial charge in [0.2, 0.25) is 0 Å². The van der Waals surface area contributed by atoms with Crippen molar-refractivity contribution in [3.05, 3.63) is 53.6 Å². The van der Waals surface area contributed by atoms with Crippen molar-refractivity contribution in [3.63, 3.8) is 0 Å². The molecule has 0 bridgehead atoms. The molecule has 0 aliphatic rings. The van der Waals surface area contributed by atoms with Crippen LogP contribution in [0.3, 0.4) is 0 Å². The van der Waals surface area contributed by atoms with Gasteiger partial charge in [0.1, 0.15) is 16.4 Å². The second-order valence-corrected chi connectivity index (χ2v) is 6.62. The Hall–Kier alpha value is -2.75. The highest BCUT2D eigenvalue weighted by molar-refractivity contribution is 7.89. The van der Waals surface area contributed by atoms with E-state index in [2.05, 4.69) is 5.10 Å². The molecule has 0 radical (unpaired) electrons. The van der Waals surface area contributed by atoms with Crippen LogP contribution < -0.4 is 14.3 Å². The van der Waals surface area contributed by atoms with Gasteiger partial charge in [0.05, 0.1) is 26.0 Å². The van der Waals surface area contributed by atoms with Gasteiger partial charge in [-0.2, -0.15) is 31.5 Å². The van der Waals surface area contributed by atoms with E-state index in [0.717, 1.165) is 18.3 Å². The van der Waals surface area contributed by atoms with Crippen LogP contribution in [-0.2, 0) is 16.2 Å². The lowest BCUT2D eigenvalue weighted by molar-refractivity contribution is -0.137. The molecule has 0 amide bonds. The largest absolute Gasteiger partial charge is 0.497 e. The standard InChI is InChI=1S/C16H15F3N2O4S/c1-24-13-6-7-14(25-2)15(9-13)26(22,23)21-20-10-11-4-3-5-12(8-11)16(17,18)19/h3-10,21H,1-2H3/b20-10+. The number of benzene rings is 2. The molecule has 26 heavy (non-hydrogen) atoms. The van der Waals surface area contributed by atoms with E-state index in [1.165, 1.54) is 44.6 Å². The number of alkyl halides is 3. The smallest absolute Gasteiger partial charge is 0.416 e. The Labute approximate surface area is 148 Å². The molecular formula is C16H15F3N2O4S. The van der Waals surface area contributed by atoms with Crippen molar-refractivity contribution in [3.8, 4) is 11.5 Å². The zero-order chi connectivity index (χ0) is 19.4. The lowest BCUT2D eigenvalue weighted by Gasteiger charge is -2.10. The van der Waals surface area contributed by atoms with Crippen LogP contribution in [0.5, 0.6) is 11.5 Å². The maximum Gasteiger partial charge on any atom is 0.416 e. The van der Waals surface area contributed by atoms with Gasteiger partial charge >= 0.3 is 6.18 Å². The Balaban J connectivity index is 2.25. The van der Waals surface area contributed by atoms with Crippen molar-refractivity contribution in [1.29, 1.82) is 0 Å². The van der Waals surface area contributed by atoms with E-state index in [1.807, 2.05) is 4.83 Å². The molecule has 0 fully saturated rings. The number of sulfonamides is 1. The summed E-state index contributed by atoms with van der Waals surface area (Å²) in [7, 11) is -1.45. The number of nitrogens with one attached hydrogen (secondary N) is 1. The van der Waals surface area contributed by atoms with Gasteiger partial charge in [0.15, 0.2) is 0 Å². The van der Waals surface area contributed by atoms with Crippen LogP contribution in [0.15, 0.2) is 52.5 Å². The molecule has 0 unspecified atom stereocenters. The molecule has 6 nitrogen and oxygen atoms in total. The molecule has 1 N–H and O–H groups in total. The van der Waals surface area contributed by atoms with E-state index in [4.69, 9.17) is 9.47 Å². The minimum absolute atomic E-state index is 0.0626. The minimum Gasteiger partial charge on any atom is -0.497 e. The van der Waals surface area contributed by atoms with E-state index in [1.54, 1.807) is 0 Å². The molecular weight excluding hydrogens is 373 g/mol. The number of hydrazone groups is 1. The summed E-state index contributed by atoms with van der Waals surface area (Å²) >= 11 is 0. The summed E-state index contributed by atoms with van der Waals surface area (Å²) in [5.41, 5.74) is -0.779. The Kier molecular flexibility index (Phi) is 5.76. The molecule has 0 saturated heterocycles. The number of nitrogens with zero attached hydrogens (tertiary/aromatic N) is 1. The Morgan fingerprint density at radius 1 is 1.08 bits per heavy atom. The molecule has 0 aliphatic carbocycles. The van der Waals surface area contributed by atoms with Crippen molar-refractivity contribution in [1.82, 2.24) is 4.83 Å². The van der Waals surface area contributed by atoms with Gasteiger partial charge in [-0.15, -0.1) is 0 Å². The fourth-order valence-electron chi connectivity index (χ4n) is 2.01. The average molecular weight is 388 g/mol. The van der Waals surface area contributed by atoms with Crippen LogP contribution in [-0.4, -0.2) is 28.9 Å². The highest BCUT2D eigenvalue weighted by Crippen LogP contribution is 2.29. The normalized spacial score (nSPS) is 12.2. The lowest BCUT2D eigenvalue weighted by Crippen LogP contribution is -2.19. The van der Waals surface area contributed by atoms with Gasteiger partial charge in [0, 0.05) is 6.07 Å². The first-order valence-corrected chi connectivity index (χ1v) is 8.60. The third-order valence-corrected chi connectivity index (χ3v) is 4.50. The van der Waals surface area contributed by atoms with E-state index in [-0.39, 0.29) is 22.0 Å². The maximum atomic E-state index is 12.7. The highest BCUT2D eigenvalue weighted by Gasteiger charge is 2.30. The van der Waals surface area contributed by atoms with Crippen LogP contribution in [0.25, 0.3) is 0 Å². The summed E-state index contributed by atoms with van der Waals surface area (Å²) in [6.45, 7) is 0. The van der Waals surface area contributed by atoms with Gasteiger partial charge in [-0.05, 0) is 29.8 Å². The predicted octanol–water partition coefficient (Wildman–Crippen LogP) is 3.04. The Morgan fingerprint density at radius 3 is 2.42 bits per heavy atom. The molecule has 2 aromatic rings. The van der Waals surface area contributed by atoms with Gasteiger partial charge in [-0.3, -0.25) is 0 Å². The van der Waals surface area contributed by atoms with E-state index < -0.39 is 21.8 Å². The molecule has 0 aromatic heterocycles. The molecule has 140 valence electrons. The number of ether oxygens (including phenoxy) is 2. The van der Waals surface area contributed by atoms with Crippen molar-refractivity contribution >= 4 is 16.2 Å². The van der Waals surface area contributed by atoms with E-state index in [0.29, 0.717) is 0 Å². The number of hydrogen-bond acceptors (Lipinski definition) is 5. The van der Waals surface area contributed by atoms with Crippen LogP contribution in [0.1, 0.15) is 11.1 Å². The van der Waals surface area contributed by atoms with Gasteiger partial charge < -0.3 is 9.47 Å². The summed E-state index contributed by atoms with van der Waals surface area (Å²) in [5.74, 6) is 0.348. The van der Waals surface area contributed by atoms with Crippen LogP contribution in [0, 0.1) is 0 Å². The van der Waals surface area contributed by atoms with Gasteiger partial charge in [-0.25, -0.2) is 0 Å². The summed E-state index contributed by atoms with van der Waals surface area (Å²) in [4.78, 5) is 1.71. The quantitative estimate of drug-likeness (QED) is 0.610. The number of rotatable bonds is 6. The lowest BCUT2D eigenvalue weighted by atomic mass is 10.1. The zero-order valence-corrected chi connectivity index (χ0v) is 14.6. The summed E-state index contributed by atoms with van der Waals surface area (Å²) in [6.07, 6.45) is -3.53. The monoisotopic (exact) mass is 388 g/mol. The Bertz CT molecular complexity index is 912. The third-order valence-electron chi connectivity index (χ3n) is 3.26. The van der Waals surface area contributed by atoms with E-state index in [9.17, 15) is 21.6 Å². The predicted molar refractivity (Wildman–Crippen MR) is 88.9 cm³/mol. The molecule has 0 heterocycles. The SMILES string of the molecule is COc1ccc(OC)c(S(=O)(=O)N/N=C/c2cccc(C(F)(F)F)c2)c1. The molecule has 0 saturated carbocycles. The summed E-state index contributed by atoms with van der Waals surface area (Å²) in [6, 6.07) is 8.48. The molecule has 2 aromatic carbocycles. The highest BCUT2D eigenvalue weighted by atomic mass is 32.2. The first kappa shape index (κ1) is 19.6. The van der Waals surface area contributed by atoms with Crippen molar-refractivity contribution in [2.75, 3.05) is 14.2 Å². The van der Waals surface area contributed by atoms with Crippen molar-refractivity contribution < 1.29 is 31.1 Å². The van der Waals surface area contributed by atoms with Crippen LogP contribution >= 0.6 is 0 Å². The second-order valence-electron chi connectivity index (χ2n) is 4.99. The molecule has 2 rings (SSSR count). The summed E-state index contributed by atoms with van der Waals surface area (Å²) < 4.78 is 72.7. The third kappa shape index (κ3) is 4.66. The van der Waals surface area contributed by atoms with Crippen molar-refractivity contribution in [2.24, 2.45) is 5.10 Å². The molecule has 0 atom stereocenters. The van der Waals surface area contributed by atoms with E-state index >= 15 is 0 Å². The number of halogens is 3. The minimum atomic E-state index is -4.50. The summed E-state index contributed by atoms with van der Waals surface area (Å²) in [5, 5.41) is 3.52. The fourth-order valence-corrected chi connectivity index (χ4v) is 2.99. The maximum absolute atomic E-state index is 12.7. The van der Waals surface area contributed by atoms with Crippen LogP contribution in [0.2, 0.25) is 0 Å². The first-order chi connectivity index (χ1) is 12.2. The zero-order valence-electron chi connectivity index (χ0n) is 13.7. The molecule has 0 spiro atoms. The van der Waals surface area contributed by atoms with Gasteiger partial charge in [-0.1, -0.05) is 12.1 Å². The average Bonchev–Trinajstić information content (AvgIpc) is 2.60. The topological polar surface area (TPSA) is 77.0 Å².